The maximum absolute atomic E-state index is 13.7. The molecule has 0 aliphatic carbocycles. The van der Waals surface area contributed by atoms with E-state index in [-0.39, 0.29) is 30.3 Å². The molecule has 2 aromatic carbocycles. The van der Waals surface area contributed by atoms with E-state index in [2.05, 4.69) is 42.4 Å². The van der Waals surface area contributed by atoms with Gasteiger partial charge in [0.05, 0.1) is 49.1 Å². The average Bonchev–Trinajstić information content (AvgIpc) is 4.09. The lowest BCUT2D eigenvalue weighted by Crippen LogP contribution is -2.54. The number of hydrogen-bond donors (Lipinski definition) is 4. The molecule has 2 fully saturated rings. The molecule has 2 aliphatic rings. The number of aromatic nitrogens is 5. The van der Waals surface area contributed by atoms with E-state index >= 15 is 0 Å². The first kappa shape index (κ1) is 39.7. The summed E-state index contributed by atoms with van der Waals surface area (Å²) in [4.78, 5) is 74.7. The molecule has 0 radical (unpaired) electrons. The van der Waals surface area contributed by atoms with Crippen molar-refractivity contribution < 1.29 is 33.4 Å². The third kappa shape index (κ3) is 8.71. The molecule has 7 rings (SSSR count). The number of carbonyl (C=O) groups is 4. The van der Waals surface area contributed by atoms with Crippen LogP contribution >= 0.6 is 0 Å². The number of primary amides is 1. The van der Waals surface area contributed by atoms with E-state index < -0.39 is 30.4 Å². The van der Waals surface area contributed by atoms with Crippen LogP contribution in [0.4, 0.5) is 9.59 Å². The molecular formula is C42H47N9O7. The van der Waals surface area contributed by atoms with E-state index in [1.54, 1.807) is 47.6 Å². The van der Waals surface area contributed by atoms with Crippen molar-refractivity contribution in [3.8, 4) is 33.6 Å². The van der Waals surface area contributed by atoms with Crippen LogP contribution in [0.25, 0.3) is 33.6 Å². The van der Waals surface area contributed by atoms with Crippen molar-refractivity contribution in [2.24, 2.45) is 5.73 Å². The molecule has 16 nitrogen and oxygen atoms in total. The molecule has 5 heterocycles. The minimum atomic E-state index is -1.07. The highest BCUT2D eigenvalue weighted by atomic mass is 16.6. The Labute approximate surface area is 335 Å². The highest BCUT2D eigenvalue weighted by molar-refractivity contribution is 5.87. The third-order valence-electron chi connectivity index (χ3n) is 10.9. The van der Waals surface area contributed by atoms with Gasteiger partial charge in [0, 0.05) is 39.0 Å². The molecule has 5 atom stereocenters. The number of aromatic amines is 2. The van der Waals surface area contributed by atoms with Crippen molar-refractivity contribution in [2.45, 2.75) is 69.4 Å². The fourth-order valence-electron chi connectivity index (χ4n) is 7.74. The van der Waals surface area contributed by atoms with Crippen molar-refractivity contribution in [1.29, 1.82) is 0 Å². The zero-order valence-corrected chi connectivity index (χ0v) is 32.6. The van der Waals surface area contributed by atoms with E-state index in [1.807, 2.05) is 42.5 Å². The van der Waals surface area contributed by atoms with Gasteiger partial charge in [-0.1, -0.05) is 54.6 Å². The Hall–Kier alpha value is -6.55. The number of benzene rings is 2. The van der Waals surface area contributed by atoms with E-state index in [0.717, 1.165) is 58.5 Å². The molecule has 2 unspecified atom stereocenters. The topological polar surface area (TPSA) is 211 Å². The summed E-state index contributed by atoms with van der Waals surface area (Å²) in [5, 5.41) is 2.62. The van der Waals surface area contributed by atoms with Crippen molar-refractivity contribution in [1.82, 2.24) is 40.0 Å². The standard InChI is InChI=1S/C42H47N9O7/c1-25(56-2)36(49-42(55)57-3)40(53)51-20-6-9-34(51)38-46-24-32(48-38)30-16-12-28(13-17-30)27-10-14-29(15-11-27)31-23-45-37(47-31)33-8-5-19-50(33)39(52)35(58-41(43)54)21-26-7-4-18-44-22-26/h4,7,10-18,22-25,33-36H,5-6,8-9,19-21H2,1-3H3,(H2,43,54)(H,45,47)(H,46,48)(H,49,55)/t25-,33+,34?,35+,36?/m1/s1. The quantitative estimate of drug-likeness (QED) is 0.121. The predicted molar refractivity (Wildman–Crippen MR) is 213 cm³/mol. The number of pyridine rings is 1. The Morgan fingerprint density at radius 2 is 1.33 bits per heavy atom. The van der Waals surface area contributed by atoms with Gasteiger partial charge in [0.2, 0.25) is 5.91 Å². The van der Waals surface area contributed by atoms with E-state index in [9.17, 15) is 19.2 Å². The van der Waals surface area contributed by atoms with Crippen molar-refractivity contribution in [3.63, 3.8) is 0 Å². The minimum absolute atomic E-state index is 0.166. The molecule has 58 heavy (non-hydrogen) atoms. The van der Waals surface area contributed by atoms with Crippen LogP contribution in [0.2, 0.25) is 0 Å². The van der Waals surface area contributed by atoms with Gasteiger partial charge in [-0.15, -0.1) is 0 Å². The molecule has 16 heteroatoms. The number of H-pyrrole nitrogens is 2. The Balaban J connectivity index is 0.999. The lowest BCUT2D eigenvalue weighted by molar-refractivity contribution is -0.141. The largest absolute Gasteiger partial charge is 0.453 e. The average molecular weight is 790 g/mol. The molecule has 5 aromatic rings. The summed E-state index contributed by atoms with van der Waals surface area (Å²) in [5.74, 6) is 0.764. The highest BCUT2D eigenvalue weighted by Crippen LogP contribution is 2.35. The second kappa shape index (κ2) is 17.7. The number of nitrogens with zero attached hydrogens (tertiary/aromatic N) is 5. The zero-order valence-electron chi connectivity index (χ0n) is 32.6. The maximum Gasteiger partial charge on any atom is 0.407 e. The van der Waals surface area contributed by atoms with E-state index in [0.29, 0.717) is 31.2 Å². The summed E-state index contributed by atoms with van der Waals surface area (Å²) < 4.78 is 15.4. The van der Waals surface area contributed by atoms with Crippen LogP contribution in [0.1, 0.15) is 61.9 Å². The van der Waals surface area contributed by atoms with Gasteiger partial charge in [-0.3, -0.25) is 14.6 Å². The second-order valence-corrected chi connectivity index (χ2v) is 14.4. The number of carbonyl (C=O) groups excluding carboxylic acids is 4. The van der Waals surface area contributed by atoms with Crippen LogP contribution in [0, 0.1) is 0 Å². The minimum Gasteiger partial charge on any atom is -0.453 e. The van der Waals surface area contributed by atoms with Gasteiger partial charge in [0.15, 0.2) is 6.10 Å². The van der Waals surface area contributed by atoms with Crippen LogP contribution in [-0.2, 0) is 30.2 Å². The first-order valence-electron chi connectivity index (χ1n) is 19.3. The van der Waals surface area contributed by atoms with Crippen LogP contribution in [0.3, 0.4) is 0 Å². The third-order valence-corrected chi connectivity index (χ3v) is 10.9. The molecule has 0 spiro atoms. The molecule has 0 saturated carbocycles. The Morgan fingerprint density at radius 1 is 0.793 bits per heavy atom. The predicted octanol–water partition coefficient (Wildman–Crippen LogP) is 5.32. The molecule has 2 saturated heterocycles. The van der Waals surface area contributed by atoms with Crippen LogP contribution in [-0.4, -0.2) is 104 Å². The van der Waals surface area contributed by atoms with Gasteiger partial charge >= 0.3 is 12.2 Å². The molecule has 2 aliphatic heterocycles. The number of methoxy groups -OCH3 is 2. The van der Waals surface area contributed by atoms with Gasteiger partial charge in [-0.25, -0.2) is 19.6 Å². The van der Waals surface area contributed by atoms with Gasteiger partial charge < -0.3 is 45.0 Å². The number of rotatable bonds is 13. The van der Waals surface area contributed by atoms with Crippen molar-refractivity contribution in [2.75, 3.05) is 27.3 Å². The number of hydrogen-bond acceptors (Lipinski definition) is 10. The van der Waals surface area contributed by atoms with Crippen molar-refractivity contribution in [3.05, 3.63) is 103 Å². The van der Waals surface area contributed by atoms with Gasteiger partial charge in [-0.2, -0.15) is 0 Å². The fourth-order valence-corrected chi connectivity index (χ4v) is 7.74. The zero-order chi connectivity index (χ0) is 40.8. The summed E-state index contributed by atoms with van der Waals surface area (Å²) >= 11 is 0. The first-order chi connectivity index (χ1) is 28.1. The van der Waals surface area contributed by atoms with Gasteiger partial charge in [0.25, 0.3) is 5.91 Å². The van der Waals surface area contributed by atoms with Gasteiger partial charge in [-0.05, 0) is 66.5 Å². The van der Waals surface area contributed by atoms with Crippen LogP contribution in [0.5, 0.6) is 0 Å². The number of imidazole rings is 2. The number of alkyl carbamates (subject to hydrolysis) is 1. The monoisotopic (exact) mass is 789 g/mol. The second-order valence-electron chi connectivity index (χ2n) is 14.4. The molecule has 3 aromatic heterocycles. The molecule has 5 N–H and O–H groups in total. The summed E-state index contributed by atoms with van der Waals surface area (Å²) in [6.07, 6.45) is 6.68. The normalized spacial score (nSPS) is 18.1. The van der Waals surface area contributed by atoms with E-state index in [1.165, 1.54) is 14.2 Å². The molecule has 302 valence electrons. The number of likely N-dealkylation sites (tertiary alicyclic amines) is 2. The lowest BCUT2D eigenvalue weighted by Gasteiger charge is -2.30. The Bertz CT molecular complexity index is 2210. The summed E-state index contributed by atoms with van der Waals surface area (Å²) in [7, 11) is 2.75. The first-order valence-corrected chi connectivity index (χ1v) is 19.3. The SMILES string of the molecule is COC(=O)NC(C(=O)N1CCCC1c1ncc(-c2ccc(-c3ccc(-c4cnc([C@@H]5CCCN5C(=O)[C@H](Cc5cccnc5)OC(N)=O)[nH]4)cc3)cc2)[nH]1)[C@@H](C)OC. The summed E-state index contributed by atoms with van der Waals surface area (Å²) in [6.45, 7) is 2.77. The number of nitrogens with two attached hydrogens (primary N) is 1. The van der Waals surface area contributed by atoms with Crippen LogP contribution < -0.4 is 11.1 Å². The highest BCUT2D eigenvalue weighted by Gasteiger charge is 2.39. The lowest BCUT2D eigenvalue weighted by atomic mass is 10.0. The summed E-state index contributed by atoms with van der Waals surface area (Å²) in [5.41, 5.74) is 11.7. The van der Waals surface area contributed by atoms with Crippen molar-refractivity contribution >= 4 is 24.0 Å². The molecule has 4 amide bonds. The number of nitrogens with one attached hydrogen (secondary N) is 3. The maximum atomic E-state index is 13.7. The molecule has 0 bridgehead atoms. The Morgan fingerprint density at radius 3 is 1.81 bits per heavy atom. The van der Waals surface area contributed by atoms with E-state index in [4.69, 9.17) is 19.9 Å². The molecular weight excluding hydrogens is 743 g/mol. The number of amides is 4. The van der Waals surface area contributed by atoms with Crippen LogP contribution in [0.15, 0.2) is 85.5 Å². The summed E-state index contributed by atoms with van der Waals surface area (Å²) in [6, 6.07) is 18.4. The fraction of sp³-hybridized carbons (Fsp3) is 0.357. The Kier molecular flexibility index (Phi) is 12.1. The smallest absolute Gasteiger partial charge is 0.407 e. The van der Waals surface area contributed by atoms with Gasteiger partial charge in [0.1, 0.15) is 17.7 Å². The number of ether oxygens (including phenoxy) is 3.